The van der Waals surface area contributed by atoms with Gasteiger partial charge in [0, 0.05) is 25.1 Å². The first kappa shape index (κ1) is 11.8. The summed E-state index contributed by atoms with van der Waals surface area (Å²) in [6.07, 6.45) is 2.66. The van der Waals surface area contributed by atoms with Crippen LogP contribution < -0.4 is 5.73 Å². The maximum absolute atomic E-state index is 11.4. The summed E-state index contributed by atoms with van der Waals surface area (Å²) in [6, 6.07) is 0. The molecule has 0 atom stereocenters. The van der Waals surface area contributed by atoms with Crippen molar-refractivity contribution in [2.75, 3.05) is 12.0 Å². The van der Waals surface area contributed by atoms with Gasteiger partial charge in [0.25, 0.3) is 5.16 Å². The van der Waals surface area contributed by atoms with Gasteiger partial charge in [-0.2, -0.15) is 4.98 Å². The van der Waals surface area contributed by atoms with Crippen molar-refractivity contribution in [3.05, 3.63) is 11.8 Å². The Kier molecular flexibility index (Phi) is 2.55. The molecule has 0 aliphatic heterocycles. The molecule has 3 N–H and O–H groups in total. The van der Waals surface area contributed by atoms with Crippen LogP contribution in [0.1, 0.15) is 5.56 Å². The normalized spacial score (nSPS) is 12.2. The molecule has 0 unspecified atom stereocenters. The minimum Gasteiger partial charge on any atom is -0.392 e. The van der Waals surface area contributed by atoms with Crippen molar-refractivity contribution in [1.82, 2.24) is 14.5 Å². The number of aliphatic hydroxyl groups excluding tert-OH is 1. The lowest BCUT2D eigenvalue weighted by molar-refractivity contribution is 0.283. The van der Waals surface area contributed by atoms with Gasteiger partial charge in [0.05, 0.1) is 12.0 Å². The van der Waals surface area contributed by atoms with Gasteiger partial charge in [-0.05, 0) is 0 Å². The summed E-state index contributed by atoms with van der Waals surface area (Å²) in [7, 11) is -1.81. The fourth-order valence-electron chi connectivity index (χ4n) is 1.65. The average molecular weight is 256 g/mol. The van der Waals surface area contributed by atoms with Crippen LogP contribution in [0.2, 0.25) is 0 Å². The topological polar surface area (TPSA) is 111 Å². The lowest BCUT2D eigenvalue weighted by Crippen LogP contribution is -2.07. The average Bonchev–Trinajstić information content (AvgIpc) is 2.55. The highest BCUT2D eigenvalue weighted by atomic mass is 32.2. The van der Waals surface area contributed by atoms with Crippen LogP contribution in [0.15, 0.2) is 11.4 Å². The Morgan fingerprint density at radius 1 is 1.47 bits per heavy atom. The molecule has 0 fully saturated rings. The molecule has 2 aromatic rings. The lowest BCUT2D eigenvalue weighted by Gasteiger charge is -2.02. The number of nitrogen functional groups attached to an aromatic ring is 1. The van der Waals surface area contributed by atoms with Crippen LogP contribution in [0, 0.1) is 0 Å². The highest BCUT2D eigenvalue weighted by Crippen LogP contribution is 2.24. The Bertz CT molecular complexity index is 690. The predicted octanol–water partition coefficient (Wildman–Crippen LogP) is -0.554. The number of nitrogens with two attached hydrogens (primary N) is 1. The summed E-state index contributed by atoms with van der Waals surface area (Å²) >= 11 is 0. The first-order valence-corrected chi connectivity index (χ1v) is 6.66. The van der Waals surface area contributed by atoms with Crippen LogP contribution in [-0.4, -0.2) is 34.3 Å². The van der Waals surface area contributed by atoms with Crippen molar-refractivity contribution in [3.8, 4) is 0 Å². The number of hydrogen-bond acceptors (Lipinski definition) is 6. The van der Waals surface area contributed by atoms with E-state index in [-0.39, 0.29) is 17.6 Å². The molecule has 8 heteroatoms. The number of hydrogen-bond donors (Lipinski definition) is 2. The van der Waals surface area contributed by atoms with Crippen LogP contribution in [0.25, 0.3) is 11.0 Å². The number of fused-ring (bicyclic) bond motifs is 1. The molecule has 7 nitrogen and oxygen atoms in total. The van der Waals surface area contributed by atoms with E-state index in [0.29, 0.717) is 16.6 Å². The summed E-state index contributed by atoms with van der Waals surface area (Å²) < 4.78 is 24.4. The van der Waals surface area contributed by atoms with Crippen LogP contribution in [0.5, 0.6) is 0 Å². The van der Waals surface area contributed by atoms with Gasteiger partial charge in [-0.3, -0.25) is 0 Å². The van der Waals surface area contributed by atoms with Crippen LogP contribution in [0.4, 0.5) is 5.82 Å². The van der Waals surface area contributed by atoms with Crippen molar-refractivity contribution in [1.29, 1.82) is 0 Å². The largest absolute Gasteiger partial charge is 0.392 e. The van der Waals surface area contributed by atoms with Crippen molar-refractivity contribution >= 4 is 26.7 Å². The van der Waals surface area contributed by atoms with Crippen molar-refractivity contribution in [3.63, 3.8) is 0 Å². The van der Waals surface area contributed by atoms with Crippen molar-refractivity contribution in [2.24, 2.45) is 7.05 Å². The van der Waals surface area contributed by atoms with E-state index in [4.69, 9.17) is 10.8 Å². The fourth-order valence-corrected chi connectivity index (χ4v) is 2.17. The Hall–Kier alpha value is -1.67. The summed E-state index contributed by atoms with van der Waals surface area (Å²) in [6.45, 7) is -0.205. The summed E-state index contributed by atoms with van der Waals surface area (Å²) in [4.78, 5) is 7.70. The molecule has 0 aliphatic carbocycles. The molecule has 2 rings (SSSR count). The zero-order chi connectivity index (χ0) is 12.8. The molecule has 0 radical (unpaired) electrons. The van der Waals surface area contributed by atoms with E-state index in [1.807, 2.05) is 0 Å². The SMILES string of the molecule is Cn1cc(CO)c2c(N)nc(S(C)(=O)=O)nc21. The molecular formula is C9H12N4O3S. The van der Waals surface area contributed by atoms with Gasteiger partial charge in [-0.25, -0.2) is 13.4 Å². The van der Waals surface area contributed by atoms with E-state index >= 15 is 0 Å². The summed E-state index contributed by atoms with van der Waals surface area (Å²) in [5.74, 6) is 0.0556. The number of anilines is 1. The third-order valence-corrected chi connectivity index (χ3v) is 3.25. The number of aryl methyl sites for hydroxylation is 1. The first-order valence-electron chi connectivity index (χ1n) is 4.77. The monoisotopic (exact) mass is 256 g/mol. The highest BCUT2D eigenvalue weighted by Gasteiger charge is 2.18. The van der Waals surface area contributed by atoms with Gasteiger partial charge in [0.15, 0.2) is 0 Å². The second kappa shape index (κ2) is 3.67. The van der Waals surface area contributed by atoms with E-state index in [1.165, 1.54) is 0 Å². The second-order valence-corrected chi connectivity index (χ2v) is 5.70. The van der Waals surface area contributed by atoms with E-state index in [1.54, 1.807) is 17.8 Å². The number of sulfone groups is 1. The molecule has 0 amide bonds. The van der Waals surface area contributed by atoms with Crippen LogP contribution in [0.3, 0.4) is 0 Å². The molecule has 0 aliphatic rings. The van der Waals surface area contributed by atoms with Gasteiger partial charge in [0.1, 0.15) is 11.5 Å². The molecule has 0 bridgehead atoms. The molecule has 0 aromatic carbocycles. The Labute approximate surface area is 97.8 Å². The Morgan fingerprint density at radius 2 is 2.12 bits per heavy atom. The zero-order valence-electron chi connectivity index (χ0n) is 9.38. The molecule has 0 saturated heterocycles. The molecule has 2 heterocycles. The molecule has 2 aromatic heterocycles. The standard InChI is InChI=1S/C9H12N4O3S/c1-13-3-5(4-14)6-7(10)11-9(12-8(6)13)17(2,15)16/h3,14H,4H2,1-2H3,(H2,10,11,12). The first-order chi connectivity index (χ1) is 7.84. The summed E-state index contributed by atoms with van der Waals surface area (Å²) in [5, 5.41) is 9.34. The molecule has 0 spiro atoms. The third kappa shape index (κ3) is 1.85. The van der Waals surface area contributed by atoms with Gasteiger partial charge in [0.2, 0.25) is 9.84 Å². The fraction of sp³-hybridized carbons (Fsp3) is 0.333. The van der Waals surface area contributed by atoms with E-state index in [2.05, 4.69) is 9.97 Å². The van der Waals surface area contributed by atoms with Crippen molar-refractivity contribution in [2.45, 2.75) is 11.8 Å². The second-order valence-electron chi connectivity index (χ2n) is 3.79. The predicted molar refractivity (Wildman–Crippen MR) is 62.0 cm³/mol. The van der Waals surface area contributed by atoms with Crippen LogP contribution >= 0.6 is 0 Å². The van der Waals surface area contributed by atoms with E-state index < -0.39 is 9.84 Å². The Balaban J connectivity index is 2.88. The molecular weight excluding hydrogens is 244 g/mol. The van der Waals surface area contributed by atoms with Gasteiger partial charge >= 0.3 is 0 Å². The van der Waals surface area contributed by atoms with Crippen molar-refractivity contribution < 1.29 is 13.5 Å². The van der Waals surface area contributed by atoms with Crippen LogP contribution in [-0.2, 0) is 23.5 Å². The number of rotatable bonds is 2. The lowest BCUT2D eigenvalue weighted by atomic mass is 10.2. The number of nitrogens with zero attached hydrogens (tertiary/aromatic N) is 3. The van der Waals surface area contributed by atoms with E-state index in [0.717, 1.165) is 6.26 Å². The number of aromatic nitrogens is 3. The minimum atomic E-state index is -3.51. The highest BCUT2D eigenvalue weighted by molar-refractivity contribution is 7.90. The Morgan fingerprint density at radius 3 is 2.65 bits per heavy atom. The quantitative estimate of drug-likeness (QED) is 0.697. The smallest absolute Gasteiger partial charge is 0.250 e. The maximum atomic E-state index is 11.4. The zero-order valence-corrected chi connectivity index (χ0v) is 10.2. The van der Waals surface area contributed by atoms with Gasteiger partial charge in [-0.1, -0.05) is 0 Å². The molecule has 17 heavy (non-hydrogen) atoms. The van der Waals surface area contributed by atoms with E-state index in [9.17, 15) is 8.42 Å². The molecule has 92 valence electrons. The number of aliphatic hydroxyl groups is 1. The van der Waals surface area contributed by atoms with Gasteiger partial charge in [-0.15, -0.1) is 0 Å². The minimum absolute atomic E-state index is 0.0556. The third-order valence-electron chi connectivity index (χ3n) is 2.40. The maximum Gasteiger partial charge on any atom is 0.250 e. The molecule has 0 saturated carbocycles. The van der Waals surface area contributed by atoms with Gasteiger partial charge < -0.3 is 15.4 Å². The summed E-state index contributed by atoms with van der Waals surface area (Å²) in [5.41, 5.74) is 6.66.